The topological polar surface area (TPSA) is 33.4 Å². The highest BCUT2D eigenvalue weighted by molar-refractivity contribution is 6.13. The Bertz CT molecular complexity index is 2190. The van der Waals surface area contributed by atoms with E-state index >= 15 is 0 Å². The van der Waals surface area contributed by atoms with Gasteiger partial charge in [-0.25, -0.2) is 0 Å². The molecule has 0 amide bonds. The molecule has 8 rings (SSSR count). The molecule has 1 heterocycles. The van der Waals surface area contributed by atoms with Crippen molar-refractivity contribution in [3.63, 3.8) is 0 Å². The first-order chi connectivity index (χ1) is 21.7. The van der Waals surface area contributed by atoms with E-state index in [0.29, 0.717) is 0 Å². The molecule has 44 heavy (non-hydrogen) atoms. The van der Waals surface area contributed by atoms with E-state index in [1.165, 1.54) is 11.1 Å². The van der Waals surface area contributed by atoms with Crippen molar-refractivity contribution in [1.29, 1.82) is 0 Å². The van der Waals surface area contributed by atoms with Crippen LogP contribution in [0.5, 0.6) is 5.75 Å². The monoisotopic (exact) mass is 564 g/mol. The summed E-state index contributed by atoms with van der Waals surface area (Å²) in [6, 6.07) is 56.1. The van der Waals surface area contributed by atoms with Gasteiger partial charge in [0.2, 0.25) is 0 Å². The van der Waals surface area contributed by atoms with Crippen molar-refractivity contribution in [3.8, 4) is 72.7 Å². The van der Waals surface area contributed by atoms with Crippen LogP contribution in [0.3, 0.4) is 0 Å². The lowest BCUT2D eigenvalue weighted by molar-refractivity contribution is 0.477. The maximum Gasteiger partial charge on any atom is 0.143 e. The number of phenolic OH excluding ortho intramolecular Hbond substituents is 1. The van der Waals surface area contributed by atoms with Crippen molar-refractivity contribution in [2.75, 3.05) is 0 Å². The van der Waals surface area contributed by atoms with Crippen LogP contribution in [0.1, 0.15) is 0 Å². The molecule has 6 aromatic carbocycles. The summed E-state index contributed by atoms with van der Waals surface area (Å²) in [6.45, 7) is 0. The van der Waals surface area contributed by atoms with Gasteiger partial charge in [-0.05, 0) is 57.1 Å². The lowest BCUT2D eigenvalue weighted by atomic mass is 9.91. The van der Waals surface area contributed by atoms with Gasteiger partial charge in [-0.15, -0.1) is 0 Å². The number of rotatable bonds is 5. The Morgan fingerprint density at radius 2 is 0.864 bits per heavy atom. The van der Waals surface area contributed by atoms with E-state index in [1.54, 1.807) is 6.07 Å². The molecule has 0 atom stereocenters. The highest BCUT2D eigenvalue weighted by Crippen LogP contribution is 2.53. The summed E-state index contributed by atoms with van der Waals surface area (Å²) in [4.78, 5) is 0. The SMILES string of the molecule is Oc1ccccc1-c1cc(-c2ccc(-c3ccccc3)cc2)c2c(-c3ccc(-c4ccccc4)cc3)oc3ccccc3c1-2. The van der Waals surface area contributed by atoms with Crippen LogP contribution in [-0.2, 0) is 0 Å². The summed E-state index contributed by atoms with van der Waals surface area (Å²) in [5.41, 5.74) is 12.5. The predicted octanol–water partition coefficient (Wildman–Crippen LogP) is 11.6. The van der Waals surface area contributed by atoms with Crippen LogP contribution in [0.4, 0.5) is 0 Å². The third-order valence-corrected chi connectivity index (χ3v) is 8.42. The van der Waals surface area contributed by atoms with Crippen molar-refractivity contribution >= 4 is 11.0 Å². The van der Waals surface area contributed by atoms with E-state index < -0.39 is 0 Å². The van der Waals surface area contributed by atoms with Crippen molar-refractivity contribution < 1.29 is 9.52 Å². The molecule has 1 aliphatic heterocycles. The molecule has 0 fully saturated rings. The first-order valence-electron chi connectivity index (χ1n) is 14.8. The van der Waals surface area contributed by atoms with E-state index in [4.69, 9.17) is 4.42 Å². The van der Waals surface area contributed by atoms with Crippen LogP contribution in [0.15, 0.2) is 168 Å². The van der Waals surface area contributed by atoms with Crippen LogP contribution in [0.2, 0.25) is 0 Å². The minimum Gasteiger partial charge on any atom is -0.507 e. The first-order valence-corrected chi connectivity index (χ1v) is 14.8. The molecule has 0 spiro atoms. The molecular formula is C42H28O2. The smallest absolute Gasteiger partial charge is 0.143 e. The first kappa shape index (κ1) is 25.8. The third kappa shape index (κ3) is 4.45. The molecule has 2 aliphatic rings. The van der Waals surface area contributed by atoms with Crippen molar-refractivity contribution in [1.82, 2.24) is 0 Å². The number of fused-ring (bicyclic) bond motifs is 3. The lowest BCUT2D eigenvalue weighted by Crippen LogP contribution is -1.91. The van der Waals surface area contributed by atoms with Gasteiger partial charge in [-0.2, -0.15) is 0 Å². The zero-order chi connectivity index (χ0) is 29.5. The van der Waals surface area contributed by atoms with Gasteiger partial charge in [-0.1, -0.05) is 146 Å². The average molecular weight is 565 g/mol. The zero-order valence-corrected chi connectivity index (χ0v) is 23.9. The van der Waals surface area contributed by atoms with E-state index in [1.807, 2.05) is 48.5 Å². The number of para-hydroxylation sites is 2. The minimum atomic E-state index is 0.254. The molecule has 2 heteroatoms. The Balaban J connectivity index is 1.38. The second-order valence-corrected chi connectivity index (χ2v) is 11.1. The molecule has 2 nitrogen and oxygen atoms in total. The number of phenols is 1. The van der Waals surface area contributed by atoms with E-state index in [2.05, 4.69) is 109 Å². The van der Waals surface area contributed by atoms with E-state index in [0.717, 1.165) is 66.8 Å². The van der Waals surface area contributed by atoms with Crippen molar-refractivity contribution in [2.24, 2.45) is 0 Å². The summed E-state index contributed by atoms with van der Waals surface area (Å²) in [5.74, 6) is 1.06. The van der Waals surface area contributed by atoms with Crippen LogP contribution in [0.25, 0.3) is 77.9 Å². The molecule has 208 valence electrons. The summed E-state index contributed by atoms with van der Waals surface area (Å²) < 4.78 is 6.78. The van der Waals surface area contributed by atoms with Crippen LogP contribution >= 0.6 is 0 Å². The van der Waals surface area contributed by atoms with Crippen LogP contribution in [-0.4, -0.2) is 5.11 Å². The Kier molecular flexibility index (Phi) is 6.31. The van der Waals surface area contributed by atoms with Crippen molar-refractivity contribution in [3.05, 3.63) is 164 Å². The minimum absolute atomic E-state index is 0.254. The number of benzene rings is 6. The lowest BCUT2D eigenvalue weighted by Gasteiger charge is -2.16. The molecule has 0 unspecified atom stereocenters. The van der Waals surface area contributed by atoms with Crippen LogP contribution < -0.4 is 0 Å². The molecule has 0 saturated heterocycles. The van der Waals surface area contributed by atoms with Crippen LogP contribution in [0, 0.1) is 0 Å². The fourth-order valence-electron chi connectivity index (χ4n) is 6.26. The largest absolute Gasteiger partial charge is 0.507 e. The summed E-state index contributed by atoms with van der Waals surface area (Å²) in [5, 5.41) is 12.1. The average Bonchev–Trinajstić information content (AvgIpc) is 3.50. The molecule has 6 aromatic rings. The fraction of sp³-hybridized carbons (Fsp3) is 0. The maximum atomic E-state index is 11.0. The molecule has 0 bridgehead atoms. The number of hydrogen-bond acceptors (Lipinski definition) is 2. The summed E-state index contributed by atoms with van der Waals surface area (Å²) >= 11 is 0. The number of aromatic hydroxyl groups is 1. The maximum absolute atomic E-state index is 11.0. The Morgan fingerprint density at radius 3 is 1.50 bits per heavy atom. The van der Waals surface area contributed by atoms with Gasteiger partial charge in [0.25, 0.3) is 0 Å². The van der Waals surface area contributed by atoms with E-state index in [-0.39, 0.29) is 5.75 Å². The predicted molar refractivity (Wildman–Crippen MR) is 182 cm³/mol. The Hall–Kier alpha value is -5.86. The highest BCUT2D eigenvalue weighted by Gasteiger charge is 2.28. The fourth-order valence-corrected chi connectivity index (χ4v) is 6.26. The Morgan fingerprint density at radius 1 is 0.364 bits per heavy atom. The van der Waals surface area contributed by atoms with Gasteiger partial charge >= 0.3 is 0 Å². The Labute approximate surface area is 256 Å². The molecular weight excluding hydrogens is 536 g/mol. The highest BCUT2D eigenvalue weighted by atomic mass is 16.3. The molecule has 0 radical (unpaired) electrons. The van der Waals surface area contributed by atoms with Gasteiger partial charge in [0.1, 0.15) is 17.1 Å². The van der Waals surface area contributed by atoms with Gasteiger partial charge in [0, 0.05) is 27.6 Å². The molecule has 0 aromatic heterocycles. The van der Waals surface area contributed by atoms with Gasteiger partial charge in [-0.3, -0.25) is 0 Å². The van der Waals surface area contributed by atoms with Gasteiger partial charge < -0.3 is 9.52 Å². The normalized spacial score (nSPS) is 11.3. The summed E-state index contributed by atoms with van der Waals surface area (Å²) in [6.07, 6.45) is 0. The summed E-state index contributed by atoms with van der Waals surface area (Å²) in [7, 11) is 0. The molecule has 1 aliphatic carbocycles. The number of hydrogen-bond donors (Lipinski definition) is 1. The van der Waals surface area contributed by atoms with E-state index in [9.17, 15) is 5.11 Å². The quantitative estimate of drug-likeness (QED) is 0.226. The third-order valence-electron chi connectivity index (χ3n) is 8.42. The standard InChI is InChI=1S/C42H28O2/c43-38-17-9-7-15-34(38)37-27-36(32-23-19-30(20-24-32)28-11-3-1-4-12-28)41-40(37)35-16-8-10-18-39(35)44-42(41)33-25-21-31(22-26-33)29-13-5-2-6-14-29/h1-27,43H. The molecule has 1 N–H and O–H groups in total. The second-order valence-electron chi connectivity index (χ2n) is 11.1. The molecule has 0 saturated carbocycles. The zero-order valence-electron chi connectivity index (χ0n) is 23.9. The van der Waals surface area contributed by atoms with Crippen molar-refractivity contribution in [2.45, 2.75) is 0 Å². The second kappa shape index (κ2) is 10.8. The van der Waals surface area contributed by atoms with Gasteiger partial charge in [0.05, 0.1) is 0 Å². The van der Waals surface area contributed by atoms with Gasteiger partial charge in [0.15, 0.2) is 0 Å².